The van der Waals surface area contributed by atoms with Gasteiger partial charge in [0.1, 0.15) is 5.51 Å². The third-order valence-corrected chi connectivity index (χ3v) is 6.45. The molecule has 3 rings (SSSR count). The summed E-state index contributed by atoms with van der Waals surface area (Å²) in [5.74, 6) is 0.145. The van der Waals surface area contributed by atoms with Gasteiger partial charge in [-0.3, -0.25) is 4.79 Å². The molecule has 0 atom stereocenters. The fourth-order valence-electron chi connectivity index (χ4n) is 1.84. The number of anilines is 1. The zero-order valence-corrected chi connectivity index (χ0v) is 16.6. The Kier molecular flexibility index (Phi) is 6.61. The van der Waals surface area contributed by atoms with E-state index in [9.17, 15) is 4.79 Å². The first-order valence-corrected chi connectivity index (χ1v) is 10.5. The molecule has 0 aliphatic rings. The van der Waals surface area contributed by atoms with Crippen LogP contribution >= 0.6 is 58.1 Å². The minimum atomic E-state index is -0.106. The monoisotopic (exact) mass is 427 g/mol. The van der Waals surface area contributed by atoms with E-state index < -0.39 is 0 Å². The van der Waals surface area contributed by atoms with E-state index in [1.807, 2.05) is 24.3 Å². The second-order valence-corrected chi connectivity index (χ2v) is 8.76. The van der Waals surface area contributed by atoms with E-state index in [2.05, 4.69) is 15.5 Å². The normalized spacial score (nSPS) is 10.6. The number of aromatic nitrogens is 2. The summed E-state index contributed by atoms with van der Waals surface area (Å²) in [5.41, 5.74) is 2.44. The Bertz CT molecular complexity index is 858. The molecule has 1 heterocycles. The maximum Gasteiger partial charge on any atom is 0.234 e. The fourth-order valence-corrected chi connectivity index (χ4v) is 4.59. The Labute approximate surface area is 167 Å². The molecule has 3 aromatic rings. The Morgan fingerprint density at radius 3 is 2.68 bits per heavy atom. The summed E-state index contributed by atoms with van der Waals surface area (Å²) < 4.78 is 0.881. The Morgan fingerprint density at radius 1 is 1.16 bits per heavy atom. The number of carbonyl (C=O) groups is 1. The highest BCUT2D eigenvalue weighted by atomic mass is 35.5. The Balaban J connectivity index is 1.53. The molecular formula is C16H11Cl2N3OS3. The van der Waals surface area contributed by atoms with Crippen molar-refractivity contribution in [3.05, 3.63) is 58.0 Å². The number of nitrogens with one attached hydrogen (secondary N) is 1. The first-order chi connectivity index (χ1) is 12.1. The molecule has 0 spiro atoms. The summed E-state index contributed by atoms with van der Waals surface area (Å²) in [4.78, 5) is 13.9. The molecular weight excluding hydrogens is 417 g/mol. The number of benzene rings is 2. The molecule has 0 saturated carbocycles. The average molecular weight is 428 g/mol. The summed E-state index contributed by atoms with van der Waals surface area (Å²) in [6, 6.07) is 12.8. The molecule has 0 saturated heterocycles. The lowest BCUT2D eigenvalue weighted by Crippen LogP contribution is -2.13. The summed E-state index contributed by atoms with van der Waals surface area (Å²) in [6.07, 6.45) is 0. The van der Waals surface area contributed by atoms with Crippen LogP contribution in [0.5, 0.6) is 0 Å². The maximum absolute atomic E-state index is 12.1. The number of hydrogen-bond acceptors (Lipinski definition) is 6. The van der Waals surface area contributed by atoms with Gasteiger partial charge in [0, 0.05) is 20.5 Å². The van der Waals surface area contributed by atoms with E-state index in [1.54, 1.807) is 23.7 Å². The number of amides is 1. The van der Waals surface area contributed by atoms with E-state index in [0.717, 1.165) is 19.8 Å². The number of carbonyl (C=O) groups excluding carboxylic acids is 1. The van der Waals surface area contributed by atoms with Gasteiger partial charge in [-0.25, -0.2) is 0 Å². The van der Waals surface area contributed by atoms with Crippen LogP contribution in [0.2, 0.25) is 10.0 Å². The summed E-state index contributed by atoms with van der Waals surface area (Å²) >= 11 is 16.4. The standard InChI is InChI=1S/C16H11Cl2N3OS3/c17-10-1-6-13(18)14(7-10)23-8-15(22)20-11-2-4-12(5-3-11)25-16-21-19-9-24-16/h1-7,9H,8H2,(H,20,22). The molecule has 0 aliphatic heterocycles. The Morgan fingerprint density at radius 2 is 1.96 bits per heavy atom. The average Bonchev–Trinajstić information content (AvgIpc) is 3.10. The van der Waals surface area contributed by atoms with Gasteiger partial charge in [0.15, 0.2) is 4.34 Å². The Hall–Kier alpha value is -1.25. The van der Waals surface area contributed by atoms with E-state index in [0.29, 0.717) is 10.0 Å². The molecule has 0 fully saturated rings. The van der Waals surface area contributed by atoms with Gasteiger partial charge in [0.05, 0.1) is 10.8 Å². The summed E-state index contributed by atoms with van der Waals surface area (Å²) in [6.45, 7) is 0. The highest BCUT2D eigenvalue weighted by Gasteiger charge is 2.08. The van der Waals surface area contributed by atoms with Crippen molar-refractivity contribution in [3.8, 4) is 0 Å². The van der Waals surface area contributed by atoms with Gasteiger partial charge in [-0.1, -0.05) is 46.3 Å². The van der Waals surface area contributed by atoms with Gasteiger partial charge in [-0.2, -0.15) is 0 Å². The molecule has 0 radical (unpaired) electrons. The topological polar surface area (TPSA) is 54.9 Å². The molecule has 0 bridgehead atoms. The van der Waals surface area contributed by atoms with Gasteiger partial charge in [-0.15, -0.1) is 22.0 Å². The third-order valence-electron chi connectivity index (χ3n) is 2.94. The minimum absolute atomic E-state index is 0.106. The quantitative estimate of drug-likeness (QED) is 0.509. The molecule has 128 valence electrons. The van der Waals surface area contributed by atoms with Crippen molar-refractivity contribution in [1.82, 2.24) is 10.2 Å². The van der Waals surface area contributed by atoms with Crippen molar-refractivity contribution in [3.63, 3.8) is 0 Å². The van der Waals surface area contributed by atoms with Crippen molar-refractivity contribution in [1.29, 1.82) is 0 Å². The van der Waals surface area contributed by atoms with Crippen LogP contribution < -0.4 is 5.32 Å². The second kappa shape index (κ2) is 8.91. The highest BCUT2D eigenvalue weighted by molar-refractivity contribution is 8.01. The van der Waals surface area contributed by atoms with Crippen LogP contribution in [0.1, 0.15) is 0 Å². The lowest BCUT2D eigenvalue weighted by molar-refractivity contribution is -0.113. The van der Waals surface area contributed by atoms with Crippen LogP contribution in [-0.2, 0) is 4.79 Å². The van der Waals surface area contributed by atoms with Crippen LogP contribution in [0.4, 0.5) is 5.69 Å². The maximum atomic E-state index is 12.1. The lowest BCUT2D eigenvalue weighted by Gasteiger charge is -2.07. The van der Waals surface area contributed by atoms with Crippen LogP contribution in [0.15, 0.2) is 62.1 Å². The van der Waals surface area contributed by atoms with Gasteiger partial charge in [0.2, 0.25) is 5.91 Å². The molecule has 4 nitrogen and oxygen atoms in total. The van der Waals surface area contributed by atoms with Gasteiger partial charge in [0.25, 0.3) is 0 Å². The van der Waals surface area contributed by atoms with E-state index in [-0.39, 0.29) is 11.7 Å². The fraction of sp³-hybridized carbons (Fsp3) is 0.0625. The predicted octanol–water partition coefficient (Wildman–Crippen LogP) is 5.73. The zero-order valence-electron chi connectivity index (χ0n) is 12.6. The molecule has 0 aliphatic carbocycles. The van der Waals surface area contributed by atoms with E-state index in [4.69, 9.17) is 23.2 Å². The third kappa shape index (κ3) is 5.62. The van der Waals surface area contributed by atoms with Crippen molar-refractivity contribution < 1.29 is 4.79 Å². The first kappa shape index (κ1) is 18.5. The van der Waals surface area contributed by atoms with Crippen LogP contribution in [0, 0.1) is 0 Å². The number of thioether (sulfide) groups is 1. The second-order valence-electron chi connectivity index (χ2n) is 4.74. The molecule has 1 N–H and O–H groups in total. The molecule has 0 unspecified atom stereocenters. The van der Waals surface area contributed by atoms with Crippen LogP contribution in [-0.4, -0.2) is 21.9 Å². The number of rotatable bonds is 6. The van der Waals surface area contributed by atoms with Gasteiger partial charge >= 0.3 is 0 Å². The van der Waals surface area contributed by atoms with Gasteiger partial charge in [-0.05, 0) is 42.5 Å². The largest absolute Gasteiger partial charge is 0.325 e. The molecule has 9 heteroatoms. The number of halogens is 2. The van der Waals surface area contributed by atoms with Crippen LogP contribution in [0.3, 0.4) is 0 Å². The highest BCUT2D eigenvalue weighted by Crippen LogP contribution is 2.31. The van der Waals surface area contributed by atoms with Crippen molar-refractivity contribution >= 4 is 69.7 Å². The molecule has 1 aromatic heterocycles. The predicted molar refractivity (Wildman–Crippen MR) is 106 cm³/mol. The van der Waals surface area contributed by atoms with Crippen LogP contribution in [0.25, 0.3) is 0 Å². The number of nitrogens with zero attached hydrogens (tertiary/aromatic N) is 2. The molecule has 25 heavy (non-hydrogen) atoms. The number of hydrogen-bond donors (Lipinski definition) is 1. The smallest absolute Gasteiger partial charge is 0.234 e. The van der Waals surface area contributed by atoms with E-state index in [1.165, 1.54) is 34.9 Å². The summed E-state index contributed by atoms with van der Waals surface area (Å²) in [7, 11) is 0. The molecule has 2 aromatic carbocycles. The van der Waals surface area contributed by atoms with Gasteiger partial charge < -0.3 is 5.32 Å². The van der Waals surface area contributed by atoms with Crippen molar-refractivity contribution in [2.75, 3.05) is 11.1 Å². The zero-order chi connectivity index (χ0) is 17.6. The SMILES string of the molecule is O=C(CSc1cc(Cl)ccc1Cl)Nc1ccc(Sc2nncs2)cc1. The lowest BCUT2D eigenvalue weighted by atomic mass is 10.3. The first-order valence-electron chi connectivity index (χ1n) is 7.02. The van der Waals surface area contributed by atoms with E-state index >= 15 is 0 Å². The minimum Gasteiger partial charge on any atom is -0.325 e. The summed E-state index contributed by atoms with van der Waals surface area (Å²) in [5, 5.41) is 11.8. The van der Waals surface area contributed by atoms with Crippen molar-refractivity contribution in [2.45, 2.75) is 14.1 Å². The molecule has 1 amide bonds. The van der Waals surface area contributed by atoms with Crippen molar-refractivity contribution in [2.24, 2.45) is 0 Å².